The number of hydrogen-bond donors (Lipinski definition) is 3. The van der Waals surface area contributed by atoms with E-state index in [2.05, 4.69) is 15.6 Å². The van der Waals surface area contributed by atoms with Gasteiger partial charge in [-0.3, -0.25) is 4.79 Å². The van der Waals surface area contributed by atoms with Crippen LogP contribution in [-0.2, 0) is 0 Å². The Kier molecular flexibility index (Phi) is 4.90. The molecule has 0 saturated heterocycles. The first-order valence-electron chi connectivity index (χ1n) is 5.77. The first-order valence-corrected chi connectivity index (χ1v) is 5.77. The first-order chi connectivity index (χ1) is 8.04. The van der Waals surface area contributed by atoms with E-state index in [9.17, 15) is 4.79 Å². The molecule has 0 radical (unpaired) electrons. The maximum Gasteiger partial charge on any atom is 0.255 e. The van der Waals surface area contributed by atoms with Crippen molar-refractivity contribution >= 4 is 11.7 Å². The second-order valence-corrected chi connectivity index (χ2v) is 4.31. The van der Waals surface area contributed by atoms with Crippen LogP contribution in [0.5, 0.6) is 0 Å². The van der Waals surface area contributed by atoms with Crippen LogP contribution in [0.2, 0.25) is 0 Å². The Morgan fingerprint density at radius 3 is 2.76 bits per heavy atom. The number of amides is 1. The van der Waals surface area contributed by atoms with E-state index in [1.807, 2.05) is 20.8 Å². The highest BCUT2D eigenvalue weighted by molar-refractivity contribution is 5.98. The molecule has 1 amide bonds. The zero-order valence-electron chi connectivity index (χ0n) is 10.5. The molecule has 0 aliphatic rings. The molecule has 0 aliphatic carbocycles. The number of nitrogens with two attached hydrogens (primary N) is 1. The van der Waals surface area contributed by atoms with Crippen molar-refractivity contribution in [1.82, 2.24) is 10.3 Å². The van der Waals surface area contributed by atoms with Crippen molar-refractivity contribution in [2.45, 2.75) is 32.9 Å². The van der Waals surface area contributed by atoms with Gasteiger partial charge in [0.05, 0.1) is 5.56 Å². The van der Waals surface area contributed by atoms with Crippen LogP contribution in [0.1, 0.15) is 31.1 Å². The van der Waals surface area contributed by atoms with Gasteiger partial charge in [0.15, 0.2) is 0 Å². The van der Waals surface area contributed by atoms with Gasteiger partial charge in [0, 0.05) is 24.8 Å². The number of anilines is 1. The molecule has 0 saturated carbocycles. The quantitative estimate of drug-likeness (QED) is 0.712. The number of hydrogen-bond acceptors (Lipinski definition) is 4. The Morgan fingerprint density at radius 2 is 2.18 bits per heavy atom. The van der Waals surface area contributed by atoms with Gasteiger partial charge in [-0.1, -0.05) is 0 Å². The molecule has 0 spiro atoms. The lowest BCUT2D eigenvalue weighted by molar-refractivity contribution is 0.0942. The highest BCUT2D eigenvalue weighted by Crippen LogP contribution is 2.12. The third kappa shape index (κ3) is 4.03. The molecule has 17 heavy (non-hydrogen) atoms. The van der Waals surface area contributed by atoms with E-state index in [-0.39, 0.29) is 18.0 Å². The Labute approximate surface area is 102 Å². The highest BCUT2D eigenvalue weighted by atomic mass is 16.1. The van der Waals surface area contributed by atoms with Gasteiger partial charge in [-0.25, -0.2) is 4.98 Å². The van der Waals surface area contributed by atoms with E-state index >= 15 is 0 Å². The van der Waals surface area contributed by atoms with E-state index in [0.29, 0.717) is 17.9 Å². The Bertz CT molecular complexity index is 379. The van der Waals surface area contributed by atoms with Crippen molar-refractivity contribution < 1.29 is 4.79 Å². The predicted molar refractivity (Wildman–Crippen MR) is 69.0 cm³/mol. The van der Waals surface area contributed by atoms with Gasteiger partial charge in [0.2, 0.25) is 0 Å². The third-order valence-corrected chi connectivity index (χ3v) is 2.21. The Hall–Kier alpha value is -1.62. The molecule has 5 nitrogen and oxygen atoms in total. The van der Waals surface area contributed by atoms with Crippen molar-refractivity contribution in [3.8, 4) is 0 Å². The average Bonchev–Trinajstić information content (AvgIpc) is 2.28. The highest BCUT2D eigenvalue weighted by Gasteiger charge is 2.14. The number of carbonyl (C=O) groups excluding carboxylic acids is 1. The Morgan fingerprint density at radius 1 is 1.47 bits per heavy atom. The molecule has 0 aromatic carbocycles. The zero-order chi connectivity index (χ0) is 12.8. The molecule has 4 N–H and O–H groups in total. The number of nitrogens with zero attached hydrogens (tertiary/aromatic N) is 1. The molecule has 0 bridgehead atoms. The minimum absolute atomic E-state index is 0.0467. The number of aromatic nitrogens is 1. The fourth-order valence-electron chi connectivity index (χ4n) is 1.34. The maximum atomic E-state index is 12.0. The fraction of sp³-hybridized carbons (Fsp3) is 0.500. The lowest BCUT2D eigenvalue weighted by Crippen LogP contribution is -2.38. The summed E-state index contributed by atoms with van der Waals surface area (Å²) in [7, 11) is 0. The standard InChI is InChI=1S/C12H20N4O/c1-8(2)15-11-10(5-4-6-14-11)12(17)16-9(3)7-13/h4-6,8-9H,7,13H2,1-3H3,(H,14,15)(H,16,17)/t9-/m0/s1. The van der Waals surface area contributed by atoms with Crippen LogP contribution >= 0.6 is 0 Å². The molecule has 0 fully saturated rings. The van der Waals surface area contributed by atoms with Gasteiger partial charge in [-0.2, -0.15) is 0 Å². The molecule has 1 aromatic rings. The summed E-state index contributed by atoms with van der Waals surface area (Å²) in [5.74, 6) is 0.448. The number of nitrogens with one attached hydrogen (secondary N) is 2. The minimum atomic E-state index is -0.154. The summed E-state index contributed by atoms with van der Waals surface area (Å²) in [6.45, 7) is 6.28. The van der Waals surface area contributed by atoms with E-state index in [1.54, 1.807) is 18.3 Å². The van der Waals surface area contributed by atoms with Crippen LogP contribution in [0.4, 0.5) is 5.82 Å². The molecule has 0 unspecified atom stereocenters. The SMILES string of the molecule is CC(C)Nc1ncccc1C(=O)N[C@@H](C)CN. The molecule has 1 aromatic heterocycles. The fourth-order valence-corrected chi connectivity index (χ4v) is 1.34. The van der Waals surface area contributed by atoms with Crippen LogP contribution in [0.3, 0.4) is 0 Å². The lowest BCUT2D eigenvalue weighted by atomic mass is 10.2. The number of rotatable bonds is 5. The van der Waals surface area contributed by atoms with E-state index in [0.717, 1.165) is 0 Å². The van der Waals surface area contributed by atoms with Crippen LogP contribution in [0, 0.1) is 0 Å². The minimum Gasteiger partial charge on any atom is -0.367 e. The Balaban J connectivity index is 2.85. The third-order valence-electron chi connectivity index (χ3n) is 2.21. The molecular formula is C12H20N4O. The van der Waals surface area contributed by atoms with Crippen LogP contribution in [0.25, 0.3) is 0 Å². The summed E-state index contributed by atoms with van der Waals surface area (Å²) in [5.41, 5.74) is 6.01. The molecule has 94 valence electrons. The van der Waals surface area contributed by atoms with Crippen molar-refractivity contribution in [3.05, 3.63) is 23.9 Å². The molecule has 5 heteroatoms. The summed E-state index contributed by atoms with van der Waals surface area (Å²) < 4.78 is 0. The molecule has 1 rings (SSSR count). The zero-order valence-corrected chi connectivity index (χ0v) is 10.5. The summed E-state index contributed by atoms with van der Waals surface area (Å²) in [4.78, 5) is 16.1. The smallest absolute Gasteiger partial charge is 0.255 e. The van der Waals surface area contributed by atoms with Gasteiger partial charge in [0.25, 0.3) is 5.91 Å². The molecule has 0 aliphatic heterocycles. The van der Waals surface area contributed by atoms with Gasteiger partial charge < -0.3 is 16.4 Å². The second kappa shape index (κ2) is 6.20. The van der Waals surface area contributed by atoms with Crippen LogP contribution < -0.4 is 16.4 Å². The van der Waals surface area contributed by atoms with Crippen molar-refractivity contribution in [2.75, 3.05) is 11.9 Å². The summed E-state index contributed by atoms with van der Waals surface area (Å²) in [6, 6.07) is 3.67. The van der Waals surface area contributed by atoms with Crippen molar-refractivity contribution in [3.63, 3.8) is 0 Å². The number of pyridine rings is 1. The molecule has 1 heterocycles. The van der Waals surface area contributed by atoms with E-state index < -0.39 is 0 Å². The lowest BCUT2D eigenvalue weighted by Gasteiger charge is -2.15. The average molecular weight is 236 g/mol. The van der Waals surface area contributed by atoms with Gasteiger partial charge in [-0.15, -0.1) is 0 Å². The summed E-state index contributed by atoms with van der Waals surface area (Å²) >= 11 is 0. The van der Waals surface area contributed by atoms with Crippen molar-refractivity contribution in [2.24, 2.45) is 5.73 Å². The molecular weight excluding hydrogens is 216 g/mol. The topological polar surface area (TPSA) is 80.0 Å². The summed E-state index contributed by atoms with van der Waals surface area (Å²) in [5, 5.41) is 5.96. The maximum absolute atomic E-state index is 12.0. The largest absolute Gasteiger partial charge is 0.367 e. The first kappa shape index (κ1) is 13.4. The second-order valence-electron chi connectivity index (χ2n) is 4.31. The van der Waals surface area contributed by atoms with Gasteiger partial charge >= 0.3 is 0 Å². The van der Waals surface area contributed by atoms with Crippen molar-refractivity contribution in [1.29, 1.82) is 0 Å². The number of carbonyl (C=O) groups is 1. The van der Waals surface area contributed by atoms with E-state index in [4.69, 9.17) is 5.73 Å². The summed E-state index contributed by atoms with van der Waals surface area (Å²) in [6.07, 6.45) is 1.66. The molecule has 1 atom stereocenters. The van der Waals surface area contributed by atoms with E-state index in [1.165, 1.54) is 0 Å². The van der Waals surface area contributed by atoms with Gasteiger partial charge in [-0.05, 0) is 32.9 Å². The van der Waals surface area contributed by atoms with Gasteiger partial charge in [0.1, 0.15) is 5.82 Å². The predicted octanol–water partition coefficient (Wildman–Crippen LogP) is 0.979. The van der Waals surface area contributed by atoms with Crippen LogP contribution in [0.15, 0.2) is 18.3 Å². The monoisotopic (exact) mass is 236 g/mol. The normalized spacial score (nSPS) is 12.3. The van der Waals surface area contributed by atoms with Crippen LogP contribution in [-0.4, -0.2) is 29.5 Å².